The van der Waals surface area contributed by atoms with E-state index in [1.807, 2.05) is 25.1 Å². The van der Waals surface area contributed by atoms with Crippen molar-refractivity contribution in [2.75, 3.05) is 10.6 Å². The summed E-state index contributed by atoms with van der Waals surface area (Å²) in [6.45, 7) is 8.41. The largest absolute Gasteiger partial charge is 0.507 e. The SMILES string of the molecule is Cc1cc(CCc2ccc(Nc3ccc(Nc4ccccc4)cc3)cc2)cc(C(C)(C)C)c1O. The van der Waals surface area contributed by atoms with E-state index in [0.717, 1.165) is 46.7 Å². The molecule has 0 spiro atoms. The van der Waals surface area contributed by atoms with E-state index in [1.54, 1.807) is 0 Å². The number of nitrogens with one attached hydrogen (secondary N) is 2. The second-order valence-electron chi connectivity index (χ2n) is 9.95. The van der Waals surface area contributed by atoms with E-state index in [0.29, 0.717) is 5.75 Å². The molecule has 0 aliphatic rings. The fourth-order valence-electron chi connectivity index (χ4n) is 4.11. The summed E-state index contributed by atoms with van der Waals surface area (Å²) in [5.74, 6) is 0.426. The number of hydrogen-bond acceptors (Lipinski definition) is 3. The molecular weight excluding hydrogens is 416 g/mol. The maximum atomic E-state index is 10.5. The highest BCUT2D eigenvalue weighted by molar-refractivity contribution is 5.66. The Morgan fingerprint density at radius 1 is 0.618 bits per heavy atom. The summed E-state index contributed by atoms with van der Waals surface area (Å²) in [4.78, 5) is 0. The van der Waals surface area contributed by atoms with Crippen LogP contribution in [0.15, 0.2) is 91.0 Å². The van der Waals surface area contributed by atoms with Crippen molar-refractivity contribution in [2.45, 2.75) is 46.0 Å². The standard InChI is InChI=1S/C31H34N2O/c1-22-20-24(21-29(30(22)34)31(2,3)4)11-10-23-12-14-26(15-13-23)33-28-18-16-27(17-19-28)32-25-8-6-5-7-9-25/h5-9,12-21,32-34H,10-11H2,1-4H3. The summed E-state index contributed by atoms with van der Waals surface area (Å²) in [7, 11) is 0. The van der Waals surface area contributed by atoms with Gasteiger partial charge in [0.1, 0.15) is 5.75 Å². The summed E-state index contributed by atoms with van der Waals surface area (Å²) in [5, 5.41) is 17.4. The number of benzene rings is 4. The number of aromatic hydroxyl groups is 1. The van der Waals surface area contributed by atoms with Gasteiger partial charge in [0.2, 0.25) is 0 Å². The van der Waals surface area contributed by atoms with E-state index in [1.165, 1.54) is 11.1 Å². The maximum Gasteiger partial charge on any atom is 0.122 e. The third kappa shape index (κ3) is 5.99. The minimum atomic E-state index is -0.0754. The van der Waals surface area contributed by atoms with E-state index in [4.69, 9.17) is 0 Å². The minimum Gasteiger partial charge on any atom is -0.507 e. The topological polar surface area (TPSA) is 44.3 Å². The third-order valence-electron chi connectivity index (χ3n) is 6.06. The summed E-state index contributed by atoms with van der Waals surface area (Å²) in [5.41, 5.74) is 8.74. The first-order chi connectivity index (χ1) is 16.3. The first-order valence-electron chi connectivity index (χ1n) is 11.9. The Kier molecular flexibility index (Phi) is 6.93. The van der Waals surface area contributed by atoms with Crippen molar-refractivity contribution < 1.29 is 5.11 Å². The number of para-hydroxylation sites is 1. The lowest BCUT2D eigenvalue weighted by Gasteiger charge is -2.22. The van der Waals surface area contributed by atoms with E-state index in [9.17, 15) is 5.11 Å². The molecular formula is C31H34N2O. The second-order valence-corrected chi connectivity index (χ2v) is 9.95. The van der Waals surface area contributed by atoms with Crippen LogP contribution in [0.4, 0.5) is 22.7 Å². The van der Waals surface area contributed by atoms with Crippen LogP contribution < -0.4 is 10.6 Å². The van der Waals surface area contributed by atoms with E-state index in [-0.39, 0.29) is 5.41 Å². The molecule has 0 amide bonds. The molecule has 4 aromatic carbocycles. The molecule has 4 aromatic rings. The van der Waals surface area contributed by atoms with Crippen LogP contribution in [0.3, 0.4) is 0 Å². The zero-order valence-electron chi connectivity index (χ0n) is 20.5. The van der Waals surface area contributed by atoms with Crippen LogP contribution >= 0.6 is 0 Å². The predicted octanol–water partition coefficient (Wildman–Crippen LogP) is 8.27. The van der Waals surface area contributed by atoms with Gasteiger partial charge in [-0.1, -0.05) is 63.2 Å². The zero-order valence-corrected chi connectivity index (χ0v) is 20.5. The Balaban J connectivity index is 1.35. The highest BCUT2D eigenvalue weighted by Gasteiger charge is 2.20. The van der Waals surface area contributed by atoms with Gasteiger partial charge in [0, 0.05) is 22.7 Å². The van der Waals surface area contributed by atoms with Crippen LogP contribution in [0.25, 0.3) is 0 Å². The highest BCUT2D eigenvalue weighted by atomic mass is 16.3. The molecule has 0 fully saturated rings. The number of rotatable bonds is 7. The average molecular weight is 451 g/mol. The number of hydrogen-bond donors (Lipinski definition) is 3. The van der Waals surface area contributed by atoms with Crippen LogP contribution in [0.1, 0.15) is 43.0 Å². The molecule has 0 radical (unpaired) electrons. The summed E-state index contributed by atoms with van der Waals surface area (Å²) in [6, 6.07) is 31.4. The van der Waals surface area contributed by atoms with Gasteiger partial charge in [0.25, 0.3) is 0 Å². The Hall–Kier alpha value is -3.72. The molecule has 0 atom stereocenters. The summed E-state index contributed by atoms with van der Waals surface area (Å²) in [6.07, 6.45) is 1.92. The molecule has 3 heteroatoms. The predicted molar refractivity (Wildman–Crippen MR) is 145 cm³/mol. The Morgan fingerprint density at radius 3 is 1.62 bits per heavy atom. The number of phenolic OH excluding ortho intramolecular Hbond substituents is 1. The molecule has 174 valence electrons. The lowest BCUT2D eigenvalue weighted by Crippen LogP contribution is -2.12. The molecule has 0 heterocycles. The first kappa shape index (κ1) is 23.4. The normalized spacial score (nSPS) is 11.3. The molecule has 34 heavy (non-hydrogen) atoms. The Morgan fingerprint density at radius 2 is 1.09 bits per heavy atom. The van der Waals surface area contributed by atoms with Crippen molar-refractivity contribution in [3.05, 3.63) is 113 Å². The highest BCUT2D eigenvalue weighted by Crippen LogP contribution is 2.34. The van der Waals surface area contributed by atoms with Gasteiger partial charge in [-0.05, 0) is 96.0 Å². The zero-order chi connectivity index (χ0) is 24.1. The number of anilines is 4. The van der Waals surface area contributed by atoms with Gasteiger partial charge in [0.05, 0.1) is 0 Å². The summed E-state index contributed by atoms with van der Waals surface area (Å²) >= 11 is 0. The fourth-order valence-corrected chi connectivity index (χ4v) is 4.11. The molecule has 0 unspecified atom stereocenters. The smallest absolute Gasteiger partial charge is 0.122 e. The van der Waals surface area contributed by atoms with Gasteiger partial charge in [-0.15, -0.1) is 0 Å². The van der Waals surface area contributed by atoms with Crippen LogP contribution in [0.2, 0.25) is 0 Å². The van der Waals surface area contributed by atoms with Crippen LogP contribution in [0, 0.1) is 6.92 Å². The lowest BCUT2D eigenvalue weighted by atomic mass is 9.83. The second kappa shape index (κ2) is 10.0. The Bertz CT molecular complexity index is 1220. The molecule has 3 N–H and O–H groups in total. The Labute approximate surface area is 203 Å². The van der Waals surface area contributed by atoms with Crippen LogP contribution in [0.5, 0.6) is 5.75 Å². The van der Waals surface area contributed by atoms with Gasteiger partial charge in [-0.25, -0.2) is 0 Å². The van der Waals surface area contributed by atoms with Crippen molar-refractivity contribution in [1.82, 2.24) is 0 Å². The minimum absolute atomic E-state index is 0.0754. The molecule has 4 rings (SSSR count). The van der Waals surface area contributed by atoms with Crippen molar-refractivity contribution in [3.8, 4) is 5.75 Å². The molecule has 0 saturated carbocycles. The van der Waals surface area contributed by atoms with Gasteiger partial charge >= 0.3 is 0 Å². The van der Waals surface area contributed by atoms with E-state index < -0.39 is 0 Å². The molecule has 0 bridgehead atoms. The van der Waals surface area contributed by atoms with Gasteiger partial charge < -0.3 is 15.7 Å². The molecule has 0 aliphatic carbocycles. The first-order valence-corrected chi connectivity index (χ1v) is 11.9. The monoisotopic (exact) mass is 450 g/mol. The van der Waals surface area contributed by atoms with E-state index in [2.05, 4.69) is 104 Å². The molecule has 0 saturated heterocycles. The number of aryl methyl sites for hydroxylation is 3. The number of phenols is 1. The molecule has 0 aliphatic heterocycles. The molecule has 0 aromatic heterocycles. The van der Waals surface area contributed by atoms with Crippen molar-refractivity contribution in [1.29, 1.82) is 0 Å². The third-order valence-corrected chi connectivity index (χ3v) is 6.06. The van der Waals surface area contributed by atoms with Crippen LogP contribution in [-0.2, 0) is 18.3 Å². The summed E-state index contributed by atoms with van der Waals surface area (Å²) < 4.78 is 0. The van der Waals surface area contributed by atoms with Crippen molar-refractivity contribution in [2.24, 2.45) is 0 Å². The van der Waals surface area contributed by atoms with E-state index >= 15 is 0 Å². The van der Waals surface area contributed by atoms with Crippen molar-refractivity contribution >= 4 is 22.7 Å². The molecule has 3 nitrogen and oxygen atoms in total. The van der Waals surface area contributed by atoms with Gasteiger partial charge in [0.15, 0.2) is 0 Å². The van der Waals surface area contributed by atoms with Gasteiger partial charge in [-0.3, -0.25) is 0 Å². The quantitative estimate of drug-likeness (QED) is 0.265. The lowest BCUT2D eigenvalue weighted by molar-refractivity contribution is 0.442. The average Bonchev–Trinajstić information content (AvgIpc) is 2.82. The fraction of sp³-hybridized carbons (Fsp3) is 0.226. The van der Waals surface area contributed by atoms with Crippen molar-refractivity contribution in [3.63, 3.8) is 0 Å². The van der Waals surface area contributed by atoms with Gasteiger partial charge in [-0.2, -0.15) is 0 Å². The van der Waals surface area contributed by atoms with Crippen LogP contribution in [-0.4, -0.2) is 5.11 Å². The maximum absolute atomic E-state index is 10.5.